The minimum Gasteiger partial charge on any atom is -0.0622 e. The second kappa shape index (κ2) is 10.7. The molecule has 0 unspecified atom stereocenters. The normalized spacial score (nSPS) is 13.3. The van der Waals surface area contributed by atoms with Gasteiger partial charge in [0, 0.05) is 0 Å². The van der Waals surface area contributed by atoms with E-state index in [1.807, 2.05) is 0 Å². The zero-order valence-electron chi connectivity index (χ0n) is 28.0. The standard InChI is InChI=1S/C51H32/c1-2-13-33(14-3-1)34-25-27-36(28-26-34)38-29-30-40(39-21-12-16-35-15-4-5-17-37(35)39)44-31-46-43-20-8-11-24-49(43)51(50(46)32-45(38)44)47-22-9-6-18-41(47)42-19-7-10-23-48(42)51/h1-32H. The third-order valence-corrected chi connectivity index (χ3v) is 11.5. The molecule has 0 aliphatic heterocycles. The van der Waals surface area contributed by atoms with Crippen LogP contribution < -0.4 is 0 Å². The second-order valence-corrected chi connectivity index (χ2v) is 14.0. The van der Waals surface area contributed by atoms with Crippen molar-refractivity contribution in [3.8, 4) is 55.6 Å². The predicted molar refractivity (Wildman–Crippen MR) is 214 cm³/mol. The smallest absolute Gasteiger partial charge is 0.0622 e. The van der Waals surface area contributed by atoms with Crippen molar-refractivity contribution in [2.45, 2.75) is 5.41 Å². The Kier molecular flexibility index (Phi) is 5.97. The molecule has 0 fully saturated rings. The number of rotatable bonds is 3. The maximum atomic E-state index is 2.55. The Balaban J connectivity index is 1.25. The zero-order chi connectivity index (χ0) is 33.5. The van der Waals surface area contributed by atoms with Gasteiger partial charge in [0.15, 0.2) is 0 Å². The molecule has 11 rings (SSSR count). The van der Waals surface area contributed by atoms with Crippen LogP contribution in [0.2, 0.25) is 0 Å². The largest absolute Gasteiger partial charge is 0.0725 e. The van der Waals surface area contributed by atoms with Crippen molar-refractivity contribution in [2.75, 3.05) is 0 Å². The third-order valence-electron chi connectivity index (χ3n) is 11.5. The highest BCUT2D eigenvalue weighted by Gasteiger charge is 2.51. The Morgan fingerprint density at radius 3 is 1.41 bits per heavy atom. The summed E-state index contributed by atoms with van der Waals surface area (Å²) in [5.74, 6) is 0. The molecule has 2 aliphatic carbocycles. The lowest BCUT2D eigenvalue weighted by molar-refractivity contribution is 0.795. The summed E-state index contributed by atoms with van der Waals surface area (Å²) in [6.07, 6.45) is 0. The van der Waals surface area contributed by atoms with Gasteiger partial charge in [0.05, 0.1) is 5.41 Å². The van der Waals surface area contributed by atoms with Crippen molar-refractivity contribution in [3.63, 3.8) is 0 Å². The van der Waals surface area contributed by atoms with Crippen LogP contribution in [-0.2, 0) is 5.41 Å². The molecule has 0 heteroatoms. The van der Waals surface area contributed by atoms with Crippen molar-refractivity contribution >= 4 is 21.5 Å². The Labute approximate surface area is 297 Å². The monoisotopic (exact) mass is 644 g/mol. The fraction of sp³-hybridized carbons (Fsp3) is 0.0196. The maximum Gasteiger partial charge on any atom is 0.0725 e. The van der Waals surface area contributed by atoms with Crippen LogP contribution in [0.15, 0.2) is 194 Å². The first-order valence-corrected chi connectivity index (χ1v) is 17.9. The van der Waals surface area contributed by atoms with E-state index in [4.69, 9.17) is 0 Å². The Hall–Kier alpha value is -6.50. The van der Waals surface area contributed by atoms with Crippen molar-refractivity contribution in [1.29, 1.82) is 0 Å². The van der Waals surface area contributed by atoms with Crippen LogP contribution in [0.3, 0.4) is 0 Å². The molecule has 1 spiro atoms. The van der Waals surface area contributed by atoms with Crippen molar-refractivity contribution in [2.24, 2.45) is 0 Å². The van der Waals surface area contributed by atoms with E-state index in [-0.39, 0.29) is 0 Å². The summed E-state index contributed by atoms with van der Waals surface area (Å²) in [7, 11) is 0. The molecule has 0 heterocycles. The minimum absolute atomic E-state index is 0.392. The summed E-state index contributed by atoms with van der Waals surface area (Å²) in [6.45, 7) is 0. The molecule has 51 heavy (non-hydrogen) atoms. The van der Waals surface area contributed by atoms with Gasteiger partial charge in [-0.15, -0.1) is 0 Å². The molecular formula is C51H32. The van der Waals surface area contributed by atoms with E-state index in [0.29, 0.717) is 0 Å². The van der Waals surface area contributed by atoms with Gasteiger partial charge in [-0.3, -0.25) is 0 Å². The van der Waals surface area contributed by atoms with Crippen molar-refractivity contribution < 1.29 is 0 Å². The van der Waals surface area contributed by atoms with Crippen molar-refractivity contribution in [3.05, 3.63) is 216 Å². The molecule has 0 saturated heterocycles. The lowest BCUT2D eigenvalue weighted by Crippen LogP contribution is -2.25. The van der Waals surface area contributed by atoms with E-state index >= 15 is 0 Å². The van der Waals surface area contributed by atoms with E-state index in [1.54, 1.807) is 0 Å². The number of hydrogen-bond donors (Lipinski definition) is 0. The molecule has 0 bridgehead atoms. The number of benzene rings is 9. The van der Waals surface area contributed by atoms with Gasteiger partial charge in [-0.2, -0.15) is 0 Å². The van der Waals surface area contributed by atoms with Crippen LogP contribution in [0.1, 0.15) is 22.3 Å². The van der Waals surface area contributed by atoms with Crippen LogP contribution in [0, 0.1) is 0 Å². The van der Waals surface area contributed by atoms with Crippen LogP contribution in [-0.4, -0.2) is 0 Å². The molecule has 236 valence electrons. The van der Waals surface area contributed by atoms with Crippen LogP contribution in [0.25, 0.3) is 77.2 Å². The molecule has 9 aromatic carbocycles. The van der Waals surface area contributed by atoms with E-state index in [1.165, 1.54) is 99.4 Å². The fourth-order valence-corrected chi connectivity index (χ4v) is 9.35. The van der Waals surface area contributed by atoms with Gasteiger partial charge in [-0.1, -0.05) is 182 Å². The van der Waals surface area contributed by atoms with Crippen LogP contribution in [0.4, 0.5) is 0 Å². The molecule has 0 N–H and O–H groups in total. The first-order chi connectivity index (χ1) is 25.3. The fourth-order valence-electron chi connectivity index (χ4n) is 9.35. The molecule has 0 amide bonds. The summed E-state index contributed by atoms with van der Waals surface area (Å²) in [5.41, 5.74) is 17.9. The lowest BCUT2D eigenvalue weighted by Gasteiger charge is -2.30. The highest BCUT2D eigenvalue weighted by Crippen LogP contribution is 2.63. The van der Waals surface area contributed by atoms with Crippen LogP contribution >= 0.6 is 0 Å². The molecule has 2 aliphatic rings. The van der Waals surface area contributed by atoms with Crippen molar-refractivity contribution in [1.82, 2.24) is 0 Å². The van der Waals surface area contributed by atoms with Gasteiger partial charge in [0.25, 0.3) is 0 Å². The molecule has 9 aromatic rings. The summed E-state index contributed by atoms with van der Waals surface area (Å²) >= 11 is 0. The van der Waals surface area contributed by atoms with E-state index < -0.39 is 5.41 Å². The second-order valence-electron chi connectivity index (χ2n) is 14.0. The SMILES string of the molecule is c1ccc(-c2ccc(-c3ccc(-c4cccc5ccccc45)c4cc5c(cc34)C3(c4ccccc4-c4ccccc43)c3ccccc3-5)cc2)cc1. The summed E-state index contributed by atoms with van der Waals surface area (Å²) in [5, 5.41) is 5.09. The summed E-state index contributed by atoms with van der Waals surface area (Å²) in [4.78, 5) is 0. The quantitative estimate of drug-likeness (QED) is 0.180. The van der Waals surface area contributed by atoms with Crippen LogP contribution in [0.5, 0.6) is 0 Å². The predicted octanol–water partition coefficient (Wildman–Crippen LogP) is 13.3. The number of hydrogen-bond acceptors (Lipinski definition) is 0. The average Bonchev–Trinajstić information content (AvgIpc) is 3.67. The van der Waals surface area contributed by atoms with E-state index in [2.05, 4.69) is 194 Å². The molecular weight excluding hydrogens is 613 g/mol. The average molecular weight is 645 g/mol. The van der Waals surface area contributed by atoms with Gasteiger partial charge < -0.3 is 0 Å². The Morgan fingerprint density at radius 2 is 0.706 bits per heavy atom. The topological polar surface area (TPSA) is 0 Å². The summed E-state index contributed by atoms with van der Waals surface area (Å²) < 4.78 is 0. The molecule has 0 radical (unpaired) electrons. The zero-order valence-corrected chi connectivity index (χ0v) is 28.0. The molecule has 0 nitrogen and oxygen atoms in total. The number of fused-ring (bicyclic) bond motifs is 12. The molecule has 0 aromatic heterocycles. The Bertz CT molecular complexity index is 2790. The van der Waals surface area contributed by atoms with E-state index in [9.17, 15) is 0 Å². The highest BCUT2D eigenvalue weighted by molar-refractivity contribution is 6.12. The highest BCUT2D eigenvalue weighted by atomic mass is 14.5. The van der Waals surface area contributed by atoms with Gasteiger partial charge >= 0.3 is 0 Å². The van der Waals surface area contributed by atoms with Gasteiger partial charge in [0.1, 0.15) is 0 Å². The Morgan fingerprint density at radius 1 is 0.235 bits per heavy atom. The van der Waals surface area contributed by atoms with Gasteiger partial charge in [-0.05, 0) is 112 Å². The first kappa shape index (κ1) is 28.3. The molecule has 0 saturated carbocycles. The van der Waals surface area contributed by atoms with Gasteiger partial charge in [-0.25, -0.2) is 0 Å². The first-order valence-electron chi connectivity index (χ1n) is 17.9. The van der Waals surface area contributed by atoms with Gasteiger partial charge in [0.2, 0.25) is 0 Å². The lowest BCUT2D eigenvalue weighted by atomic mass is 9.70. The maximum absolute atomic E-state index is 2.55. The molecule has 0 atom stereocenters. The minimum atomic E-state index is -0.392. The summed E-state index contributed by atoms with van der Waals surface area (Å²) in [6, 6.07) is 72.3. The van der Waals surface area contributed by atoms with E-state index in [0.717, 1.165) is 0 Å². The third kappa shape index (κ3) is 3.91.